The van der Waals surface area contributed by atoms with Crippen LogP contribution in [0.1, 0.15) is 15.9 Å². The molecule has 2 aromatic carbocycles. The van der Waals surface area contributed by atoms with E-state index in [1.165, 1.54) is 32.3 Å². The van der Waals surface area contributed by atoms with Crippen LogP contribution in [0.4, 0.5) is 0 Å². The van der Waals surface area contributed by atoms with E-state index in [0.29, 0.717) is 13.0 Å². The third kappa shape index (κ3) is 4.35. The summed E-state index contributed by atoms with van der Waals surface area (Å²) in [6.45, 7) is 0.460. The fourth-order valence-corrected chi connectivity index (χ4v) is 3.50. The number of amides is 1. The van der Waals surface area contributed by atoms with Gasteiger partial charge in [-0.15, -0.1) is 0 Å². The van der Waals surface area contributed by atoms with Crippen molar-refractivity contribution in [1.82, 2.24) is 9.62 Å². The maximum Gasteiger partial charge on any atom is 0.251 e. The Balaban J connectivity index is 2.10. The van der Waals surface area contributed by atoms with Gasteiger partial charge >= 0.3 is 0 Å². The third-order valence-corrected chi connectivity index (χ3v) is 5.79. The average molecular weight is 367 g/mol. The number of carbonyl (C=O) groups is 1. The summed E-state index contributed by atoms with van der Waals surface area (Å²) in [5, 5.41) is 2.87. The van der Waals surface area contributed by atoms with Crippen molar-refractivity contribution in [3.63, 3.8) is 0 Å². The highest BCUT2D eigenvalue weighted by atomic mass is 35.5. The first-order chi connectivity index (χ1) is 11.3. The Morgan fingerprint density at radius 2 is 1.79 bits per heavy atom. The van der Waals surface area contributed by atoms with Gasteiger partial charge in [0, 0.05) is 26.2 Å². The van der Waals surface area contributed by atoms with E-state index in [1.54, 1.807) is 0 Å². The quantitative estimate of drug-likeness (QED) is 0.854. The van der Waals surface area contributed by atoms with Crippen molar-refractivity contribution in [2.24, 2.45) is 0 Å². The van der Waals surface area contributed by atoms with E-state index in [0.717, 1.165) is 9.87 Å². The van der Waals surface area contributed by atoms with Crippen molar-refractivity contribution in [1.29, 1.82) is 0 Å². The number of nitrogens with zero attached hydrogens (tertiary/aromatic N) is 1. The Bertz CT molecular complexity index is 821. The number of rotatable bonds is 6. The molecular formula is C17H19ClN2O3S. The molecule has 0 radical (unpaired) electrons. The number of benzene rings is 2. The maximum absolute atomic E-state index is 12.2. The summed E-state index contributed by atoms with van der Waals surface area (Å²) in [5.74, 6) is -0.335. The fraction of sp³-hybridized carbons (Fsp3) is 0.235. The third-order valence-electron chi connectivity index (χ3n) is 3.49. The molecule has 0 aliphatic carbocycles. The second-order valence-electron chi connectivity index (χ2n) is 5.42. The maximum atomic E-state index is 12.2. The fourth-order valence-electron chi connectivity index (χ4n) is 2.11. The van der Waals surface area contributed by atoms with Crippen LogP contribution in [0.5, 0.6) is 0 Å². The molecule has 0 aromatic heterocycles. The van der Waals surface area contributed by atoms with Crippen LogP contribution >= 0.6 is 11.6 Å². The highest BCUT2D eigenvalue weighted by molar-refractivity contribution is 7.89. The van der Waals surface area contributed by atoms with Gasteiger partial charge < -0.3 is 5.32 Å². The number of nitrogens with one attached hydrogen (secondary N) is 1. The van der Waals surface area contributed by atoms with Gasteiger partial charge in [-0.1, -0.05) is 41.9 Å². The first kappa shape index (κ1) is 18.4. The molecule has 7 heteroatoms. The Kier molecular flexibility index (Phi) is 5.99. The van der Waals surface area contributed by atoms with Crippen molar-refractivity contribution in [2.75, 3.05) is 20.6 Å². The molecule has 0 spiro atoms. The standard InChI is InChI=1S/C17H19ClN2O3S/c1-20(2)24(22,23)16-12-14(8-9-15(16)18)17(21)19-11-10-13-6-4-3-5-7-13/h3-9,12H,10-11H2,1-2H3,(H,19,21). The van der Waals surface area contributed by atoms with Gasteiger partial charge in [0.1, 0.15) is 4.90 Å². The van der Waals surface area contributed by atoms with Crippen molar-refractivity contribution < 1.29 is 13.2 Å². The van der Waals surface area contributed by atoms with Gasteiger partial charge in [-0.05, 0) is 30.2 Å². The van der Waals surface area contributed by atoms with Crippen molar-refractivity contribution in [3.8, 4) is 0 Å². The largest absolute Gasteiger partial charge is 0.352 e. The Hall–Kier alpha value is -1.89. The average Bonchev–Trinajstić information content (AvgIpc) is 2.55. The van der Waals surface area contributed by atoms with E-state index in [9.17, 15) is 13.2 Å². The minimum Gasteiger partial charge on any atom is -0.352 e. The molecular weight excluding hydrogens is 348 g/mol. The van der Waals surface area contributed by atoms with Crippen molar-refractivity contribution in [3.05, 3.63) is 64.7 Å². The van der Waals surface area contributed by atoms with Gasteiger partial charge in [0.25, 0.3) is 5.91 Å². The smallest absolute Gasteiger partial charge is 0.251 e. The van der Waals surface area contributed by atoms with Gasteiger partial charge in [-0.3, -0.25) is 4.79 Å². The van der Waals surface area contributed by atoms with Gasteiger partial charge in [0.05, 0.1) is 5.02 Å². The van der Waals surface area contributed by atoms with E-state index >= 15 is 0 Å². The molecule has 0 fully saturated rings. The molecule has 1 amide bonds. The van der Waals surface area contributed by atoms with Crippen LogP contribution in [0.3, 0.4) is 0 Å². The van der Waals surface area contributed by atoms with Crippen molar-refractivity contribution >= 4 is 27.5 Å². The molecule has 0 aliphatic rings. The molecule has 0 saturated carbocycles. The first-order valence-electron chi connectivity index (χ1n) is 7.36. The number of hydrogen-bond acceptors (Lipinski definition) is 3. The predicted octanol–water partition coefficient (Wildman–Crippen LogP) is 2.56. The molecule has 0 unspecified atom stereocenters. The zero-order valence-corrected chi connectivity index (χ0v) is 15.1. The highest BCUT2D eigenvalue weighted by Crippen LogP contribution is 2.24. The lowest BCUT2D eigenvalue weighted by Crippen LogP contribution is -2.27. The SMILES string of the molecule is CN(C)S(=O)(=O)c1cc(C(=O)NCCc2ccccc2)ccc1Cl. The lowest BCUT2D eigenvalue weighted by Gasteiger charge is -2.14. The normalized spacial score (nSPS) is 11.5. The summed E-state index contributed by atoms with van der Waals surface area (Å²) < 4.78 is 25.5. The zero-order chi connectivity index (χ0) is 17.7. The lowest BCUT2D eigenvalue weighted by molar-refractivity contribution is 0.0954. The van der Waals surface area contributed by atoms with E-state index in [1.807, 2.05) is 30.3 Å². The van der Waals surface area contributed by atoms with Gasteiger partial charge in [-0.25, -0.2) is 12.7 Å². The molecule has 0 saturated heterocycles. The first-order valence-corrected chi connectivity index (χ1v) is 9.18. The summed E-state index contributed by atoms with van der Waals surface area (Å²) in [5.41, 5.74) is 1.37. The highest BCUT2D eigenvalue weighted by Gasteiger charge is 2.22. The summed E-state index contributed by atoms with van der Waals surface area (Å²) in [6.07, 6.45) is 0.697. The van der Waals surface area contributed by atoms with Gasteiger partial charge in [0.2, 0.25) is 10.0 Å². The van der Waals surface area contributed by atoms with Crippen LogP contribution in [0, 0.1) is 0 Å². The molecule has 2 rings (SSSR count). The summed E-state index contributed by atoms with van der Waals surface area (Å²) in [6, 6.07) is 14.0. The van der Waals surface area contributed by atoms with E-state index in [2.05, 4.69) is 5.32 Å². The zero-order valence-electron chi connectivity index (χ0n) is 13.5. The topological polar surface area (TPSA) is 66.5 Å². The van der Waals surface area contributed by atoms with Crippen LogP contribution in [-0.4, -0.2) is 39.3 Å². The molecule has 24 heavy (non-hydrogen) atoms. The van der Waals surface area contributed by atoms with Crippen LogP contribution < -0.4 is 5.32 Å². The molecule has 0 aliphatic heterocycles. The van der Waals surface area contributed by atoms with Crippen LogP contribution in [0.15, 0.2) is 53.4 Å². The van der Waals surface area contributed by atoms with Gasteiger partial charge in [-0.2, -0.15) is 0 Å². The molecule has 0 atom stereocenters. The second kappa shape index (κ2) is 7.79. The van der Waals surface area contributed by atoms with Gasteiger partial charge in [0.15, 0.2) is 0 Å². The molecule has 128 valence electrons. The summed E-state index contributed by atoms with van der Waals surface area (Å²) in [4.78, 5) is 12.2. The van der Waals surface area contributed by atoms with Crippen molar-refractivity contribution in [2.45, 2.75) is 11.3 Å². The summed E-state index contributed by atoms with van der Waals surface area (Å²) in [7, 11) is -0.876. The Labute approximate surface area is 147 Å². The van der Waals surface area contributed by atoms with E-state index in [-0.39, 0.29) is 21.4 Å². The predicted molar refractivity (Wildman–Crippen MR) is 94.8 cm³/mol. The van der Waals surface area contributed by atoms with Crippen LogP contribution in [-0.2, 0) is 16.4 Å². The number of sulfonamides is 1. The molecule has 0 bridgehead atoms. The number of hydrogen-bond donors (Lipinski definition) is 1. The minimum atomic E-state index is -3.71. The summed E-state index contributed by atoms with van der Waals surface area (Å²) >= 11 is 5.98. The number of halogens is 1. The molecule has 1 N–H and O–H groups in total. The molecule has 5 nitrogen and oxygen atoms in total. The molecule has 2 aromatic rings. The minimum absolute atomic E-state index is 0.0788. The monoisotopic (exact) mass is 366 g/mol. The molecule has 0 heterocycles. The lowest BCUT2D eigenvalue weighted by atomic mass is 10.1. The van der Waals surface area contributed by atoms with Crippen LogP contribution in [0.25, 0.3) is 0 Å². The number of carbonyl (C=O) groups excluding carboxylic acids is 1. The van der Waals surface area contributed by atoms with E-state index < -0.39 is 10.0 Å². The Morgan fingerprint density at radius 1 is 1.12 bits per heavy atom. The van der Waals surface area contributed by atoms with E-state index in [4.69, 9.17) is 11.6 Å². The van der Waals surface area contributed by atoms with Crippen LogP contribution in [0.2, 0.25) is 5.02 Å². The second-order valence-corrected chi connectivity index (χ2v) is 7.95. The Morgan fingerprint density at radius 3 is 2.42 bits per heavy atom.